The summed E-state index contributed by atoms with van der Waals surface area (Å²) in [5.41, 5.74) is 0.661. The average molecular weight is 304 g/mol. The van der Waals surface area contributed by atoms with Gasteiger partial charge in [0.2, 0.25) is 5.91 Å². The van der Waals surface area contributed by atoms with Crippen molar-refractivity contribution in [3.8, 4) is 0 Å². The number of amides is 1. The number of nitrogens with zero attached hydrogens (tertiary/aromatic N) is 1. The first-order valence-electron chi connectivity index (χ1n) is 7.28. The van der Waals surface area contributed by atoms with Crippen LogP contribution in [0.15, 0.2) is 30.3 Å². The summed E-state index contributed by atoms with van der Waals surface area (Å²) in [6, 6.07) is 8.49. The van der Waals surface area contributed by atoms with E-state index in [1.807, 2.05) is 23.1 Å². The predicted molar refractivity (Wildman–Crippen MR) is 80.4 cm³/mol. The van der Waals surface area contributed by atoms with Gasteiger partial charge >= 0.3 is 5.97 Å². The summed E-state index contributed by atoms with van der Waals surface area (Å²) in [5.74, 6) is -0.589. The number of hydrogen-bond donors (Lipinski definition) is 1. The molecule has 0 radical (unpaired) electrons. The Bertz CT molecular complexity index is 544. The Morgan fingerprint density at radius 1 is 1.32 bits per heavy atom. The van der Waals surface area contributed by atoms with Gasteiger partial charge in [0, 0.05) is 31.6 Å². The Morgan fingerprint density at radius 2 is 2.05 bits per heavy atom. The third-order valence-corrected chi connectivity index (χ3v) is 3.75. The normalized spacial score (nSPS) is 18.6. The third kappa shape index (κ3) is 4.14. The molecule has 1 aliphatic heterocycles. The maximum atomic E-state index is 12.1. The lowest BCUT2D eigenvalue weighted by molar-refractivity contribution is -0.145. The van der Waals surface area contributed by atoms with E-state index in [4.69, 9.17) is 0 Å². The van der Waals surface area contributed by atoms with Gasteiger partial charge < -0.3 is 10.1 Å². The fourth-order valence-electron chi connectivity index (χ4n) is 2.51. The van der Waals surface area contributed by atoms with Crippen molar-refractivity contribution in [2.75, 3.05) is 26.7 Å². The molecular formula is C16H20N2O4. The van der Waals surface area contributed by atoms with Crippen molar-refractivity contribution in [3.05, 3.63) is 35.9 Å². The smallest absolute Gasteiger partial charge is 0.307 e. The molecule has 0 saturated carbocycles. The van der Waals surface area contributed by atoms with Gasteiger partial charge in [-0.25, -0.2) is 0 Å². The van der Waals surface area contributed by atoms with Gasteiger partial charge in [0.1, 0.15) is 0 Å². The molecule has 0 spiro atoms. The molecule has 6 nitrogen and oxygen atoms in total. The molecule has 1 saturated heterocycles. The van der Waals surface area contributed by atoms with Crippen molar-refractivity contribution in [2.45, 2.75) is 18.9 Å². The van der Waals surface area contributed by atoms with Crippen molar-refractivity contribution < 1.29 is 19.1 Å². The lowest BCUT2D eigenvalue weighted by atomic mass is 10.1. The van der Waals surface area contributed by atoms with Gasteiger partial charge in [0.15, 0.2) is 5.78 Å². The number of nitrogens with one attached hydrogen (secondary N) is 1. The van der Waals surface area contributed by atoms with Crippen LogP contribution in [0, 0.1) is 0 Å². The van der Waals surface area contributed by atoms with Gasteiger partial charge in [-0.05, 0) is 0 Å². The molecule has 1 aliphatic rings. The molecule has 6 heteroatoms. The summed E-state index contributed by atoms with van der Waals surface area (Å²) in [5, 5.41) is 2.74. The van der Waals surface area contributed by atoms with Crippen molar-refractivity contribution in [1.29, 1.82) is 0 Å². The number of ether oxygens (including phenoxy) is 1. The molecule has 22 heavy (non-hydrogen) atoms. The highest BCUT2D eigenvalue weighted by molar-refractivity contribution is 5.96. The Balaban J connectivity index is 1.95. The highest BCUT2D eigenvalue weighted by Crippen LogP contribution is 2.12. The van der Waals surface area contributed by atoms with E-state index in [9.17, 15) is 14.4 Å². The Morgan fingerprint density at radius 3 is 2.73 bits per heavy atom. The molecule has 2 rings (SSSR count). The van der Waals surface area contributed by atoms with Crippen LogP contribution in [-0.4, -0.2) is 55.3 Å². The summed E-state index contributed by atoms with van der Waals surface area (Å²) >= 11 is 0. The summed E-state index contributed by atoms with van der Waals surface area (Å²) < 4.78 is 4.63. The number of methoxy groups -OCH3 is 1. The van der Waals surface area contributed by atoms with Crippen LogP contribution in [0.5, 0.6) is 0 Å². The number of carbonyl (C=O) groups excluding carboxylic acids is 3. The van der Waals surface area contributed by atoms with E-state index in [-0.39, 0.29) is 18.1 Å². The van der Waals surface area contributed by atoms with Crippen LogP contribution in [0.4, 0.5) is 0 Å². The molecule has 1 amide bonds. The zero-order valence-corrected chi connectivity index (χ0v) is 12.6. The molecule has 0 bridgehead atoms. The minimum Gasteiger partial charge on any atom is -0.469 e. The quantitative estimate of drug-likeness (QED) is 0.616. The maximum absolute atomic E-state index is 12.1. The molecule has 118 valence electrons. The second-order valence-electron chi connectivity index (χ2n) is 5.16. The van der Waals surface area contributed by atoms with Crippen LogP contribution in [0.3, 0.4) is 0 Å². The Hall–Kier alpha value is -2.21. The first kappa shape index (κ1) is 16.2. The fourth-order valence-corrected chi connectivity index (χ4v) is 2.51. The van der Waals surface area contributed by atoms with Gasteiger partial charge in [-0.15, -0.1) is 0 Å². The van der Waals surface area contributed by atoms with Crippen molar-refractivity contribution in [2.24, 2.45) is 0 Å². The molecule has 1 heterocycles. The molecule has 0 unspecified atom stereocenters. The number of hydrogen-bond acceptors (Lipinski definition) is 5. The number of piperazine rings is 1. The van der Waals surface area contributed by atoms with Crippen LogP contribution >= 0.6 is 0 Å². The van der Waals surface area contributed by atoms with E-state index in [0.29, 0.717) is 31.6 Å². The zero-order valence-electron chi connectivity index (χ0n) is 12.6. The van der Waals surface area contributed by atoms with E-state index in [1.54, 1.807) is 12.1 Å². The van der Waals surface area contributed by atoms with E-state index in [1.165, 1.54) is 7.11 Å². The minimum absolute atomic E-state index is 0.00185. The second kappa shape index (κ2) is 7.70. The Kier molecular flexibility index (Phi) is 5.66. The molecule has 1 aromatic rings. The molecular weight excluding hydrogens is 284 g/mol. The molecule has 1 N–H and O–H groups in total. The highest BCUT2D eigenvalue weighted by Gasteiger charge is 2.31. The fraction of sp³-hybridized carbons (Fsp3) is 0.438. The van der Waals surface area contributed by atoms with Crippen LogP contribution in [0.1, 0.15) is 23.2 Å². The van der Waals surface area contributed by atoms with E-state index in [0.717, 1.165) is 0 Å². The van der Waals surface area contributed by atoms with Crippen LogP contribution in [0.2, 0.25) is 0 Å². The van der Waals surface area contributed by atoms with Gasteiger partial charge in [0.05, 0.1) is 19.6 Å². The van der Waals surface area contributed by atoms with Gasteiger partial charge in [-0.1, -0.05) is 30.3 Å². The summed E-state index contributed by atoms with van der Waals surface area (Å²) in [4.78, 5) is 37.4. The summed E-state index contributed by atoms with van der Waals surface area (Å²) in [7, 11) is 1.30. The van der Waals surface area contributed by atoms with Gasteiger partial charge in [-0.3, -0.25) is 19.3 Å². The average Bonchev–Trinajstić information content (AvgIpc) is 2.55. The first-order valence-corrected chi connectivity index (χ1v) is 7.28. The highest BCUT2D eigenvalue weighted by atomic mass is 16.5. The number of Topliss-reactive ketones (excluding diaryl/α,β-unsaturated/α-hetero) is 1. The predicted octanol–water partition coefficient (Wildman–Crippen LogP) is 0.623. The van der Waals surface area contributed by atoms with E-state index >= 15 is 0 Å². The molecule has 0 aliphatic carbocycles. The lowest BCUT2D eigenvalue weighted by Gasteiger charge is -2.34. The largest absolute Gasteiger partial charge is 0.469 e. The van der Waals surface area contributed by atoms with Crippen molar-refractivity contribution >= 4 is 17.7 Å². The first-order chi connectivity index (χ1) is 10.6. The van der Waals surface area contributed by atoms with Crippen LogP contribution < -0.4 is 5.32 Å². The van der Waals surface area contributed by atoms with Gasteiger partial charge in [-0.2, -0.15) is 0 Å². The molecule has 1 fully saturated rings. The monoisotopic (exact) mass is 304 g/mol. The van der Waals surface area contributed by atoms with E-state index < -0.39 is 12.0 Å². The zero-order chi connectivity index (χ0) is 15.9. The lowest BCUT2D eigenvalue weighted by Crippen LogP contribution is -2.56. The molecule has 1 aromatic carbocycles. The standard InChI is InChI=1S/C16H20N2O4/c1-22-15(20)11-13-16(21)17-8-10-18(13)9-7-14(19)12-5-3-2-4-6-12/h2-6,13H,7-11H2,1H3,(H,17,21)/t13-/m0/s1. The molecule has 1 atom stereocenters. The molecule has 0 aromatic heterocycles. The number of carbonyl (C=O) groups is 3. The number of ketones is 1. The van der Waals surface area contributed by atoms with Gasteiger partial charge in [0.25, 0.3) is 0 Å². The summed E-state index contributed by atoms with van der Waals surface area (Å²) in [6.07, 6.45) is 0.316. The minimum atomic E-state index is -0.565. The Labute approximate surface area is 129 Å². The SMILES string of the molecule is COC(=O)C[C@H]1C(=O)NCCN1CCC(=O)c1ccccc1. The number of rotatable bonds is 6. The third-order valence-electron chi connectivity index (χ3n) is 3.75. The topological polar surface area (TPSA) is 75.7 Å². The van der Waals surface area contributed by atoms with Crippen LogP contribution in [-0.2, 0) is 14.3 Å². The van der Waals surface area contributed by atoms with E-state index in [2.05, 4.69) is 10.1 Å². The summed E-state index contributed by atoms with van der Waals surface area (Å²) in [6.45, 7) is 1.59. The maximum Gasteiger partial charge on any atom is 0.307 e. The van der Waals surface area contributed by atoms with Crippen LogP contribution in [0.25, 0.3) is 0 Å². The number of benzene rings is 1. The van der Waals surface area contributed by atoms with Crippen molar-refractivity contribution in [1.82, 2.24) is 10.2 Å². The second-order valence-corrected chi connectivity index (χ2v) is 5.16. The number of esters is 1. The van der Waals surface area contributed by atoms with Crippen molar-refractivity contribution in [3.63, 3.8) is 0 Å².